The van der Waals surface area contributed by atoms with Crippen molar-refractivity contribution in [2.75, 3.05) is 43.6 Å². The molecule has 228 valence electrons. The van der Waals surface area contributed by atoms with Gasteiger partial charge in [0.1, 0.15) is 17.1 Å². The number of carbonyl (C=O) groups is 1. The fraction of sp³-hybridized carbons (Fsp3) is 0.367. The van der Waals surface area contributed by atoms with Crippen molar-refractivity contribution in [1.82, 2.24) is 25.1 Å². The molecule has 44 heavy (non-hydrogen) atoms. The number of halogens is 2. The highest BCUT2D eigenvalue weighted by Crippen LogP contribution is 2.35. The number of nitrogens with one attached hydrogen (secondary N) is 2. The molecule has 2 fully saturated rings. The summed E-state index contributed by atoms with van der Waals surface area (Å²) in [4.78, 5) is 33.3. The first kappa shape index (κ1) is 29.5. The molecule has 14 heteroatoms. The van der Waals surface area contributed by atoms with Crippen molar-refractivity contribution in [1.29, 1.82) is 0 Å². The molecule has 1 saturated carbocycles. The van der Waals surface area contributed by atoms with E-state index in [1.807, 2.05) is 0 Å². The summed E-state index contributed by atoms with van der Waals surface area (Å²) >= 11 is 1.13. The van der Waals surface area contributed by atoms with Crippen molar-refractivity contribution in [2.24, 2.45) is 5.92 Å². The lowest BCUT2D eigenvalue weighted by Crippen LogP contribution is -2.46. The molecule has 1 atom stereocenters. The van der Waals surface area contributed by atoms with Gasteiger partial charge in [-0.15, -0.1) is 10.2 Å². The van der Waals surface area contributed by atoms with Crippen LogP contribution in [0, 0.1) is 17.8 Å². The van der Waals surface area contributed by atoms with Gasteiger partial charge < -0.3 is 19.7 Å². The minimum absolute atomic E-state index is 0.0558. The van der Waals surface area contributed by atoms with E-state index in [0.29, 0.717) is 37.2 Å². The lowest BCUT2D eigenvalue weighted by atomic mass is 9.90. The second-order valence-electron chi connectivity index (χ2n) is 10.7. The zero-order valence-corrected chi connectivity index (χ0v) is 24.8. The monoisotopic (exact) mass is 621 g/mol. The number of methoxy groups -OCH3 is 1. The molecular weight excluding hydrogens is 592 g/mol. The molecule has 3 aromatic rings. The van der Waals surface area contributed by atoms with Gasteiger partial charge in [-0.3, -0.25) is 19.5 Å². The van der Waals surface area contributed by atoms with E-state index in [4.69, 9.17) is 9.47 Å². The number of anilines is 2. The van der Waals surface area contributed by atoms with Gasteiger partial charge in [-0.25, -0.2) is 13.8 Å². The Morgan fingerprint density at radius 2 is 2.07 bits per heavy atom. The third-order valence-corrected chi connectivity index (χ3v) is 8.21. The summed E-state index contributed by atoms with van der Waals surface area (Å²) in [7, 11) is 1.40. The summed E-state index contributed by atoms with van der Waals surface area (Å²) in [6.45, 7) is 3.80. The van der Waals surface area contributed by atoms with Crippen molar-refractivity contribution in [3.8, 4) is 17.7 Å². The number of nitrogens with zero attached hydrogens (tertiary/aromatic N) is 5. The van der Waals surface area contributed by atoms with Crippen molar-refractivity contribution >= 4 is 33.6 Å². The normalized spacial score (nSPS) is 19.8. The molecule has 0 aromatic carbocycles. The van der Waals surface area contributed by atoms with E-state index in [0.717, 1.165) is 29.9 Å². The van der Waals surface area contributed by atoms with Crippen LogP contribution in [0.5, 0.6) is 0 Å². The summed E-state index contributed by atoms with van der Waals surface area (Å²) in [6, 6.07) is 4.81. The minimum Gasteiger partial charge on any atom is -0.495 e. The molecule has 6 rings (SSSR count). The molecule has 2 N–H and O–H groups in total. The molecule has 0 bridgehead atoms. The summed E-state index contributed by atoms with van der Waals surface area (Å²) < 4.78 is 40.5. The van der Waals surface area contributed by atoms with Gasteiger partial charge in [-0.1, -0.05) is 17.3 Å². The van der Waals surface area contributed by atoms with Gasteiger partial charge in [0, 0.05) is 60.5 Å². The summed E-state index contributed by atoms with van der Waals surface area (Å²) in [5.41, 5.74) is -0.829. The number of dihydropyridines is 1. The number of amides is 1. The quantitative estimate of drug-likeness (QED) is 0.382. The molecule has 0 spiro atoms. The minimum atomic E-state index is -2.78. The van der Waals surface area contributed by atoms with E-state index in [2.05, 4.69) is 42.6 Å². The van der Waals surface area contributed by atoms with Gasteiger partial charge >= 0.3 is 0 Å². The number of morpholine rings is 1. The number of rotatable bonds is 7. The second kappa shape index (κ2) is 12.2. The number of aromatic nitrogens is 4. The number of alkyl halides is 2. The number of carbonyl (C=O) groups excluding carboxylic acids is 1. The van der Waals surface area contributed by atoms with Crippen LogP contribution in [0.3, 0.4) is 0 Å². The highest BCUT2D eigenvalue weighted by atomic mass is 32.1. The topological polar surface area (TPSA) is 124 Å². The molecule has 1 saturated heterocycles. The van der Waals surface area contributed by atoms with E-state index in [1.54, 1.807) is 12.3 Å². The number of ether oxygens (including phenoxy) is 2. The first-order valence-corrected chi connectivity index (χ1v) is 14.8. The summed E-state index contributed by atoms with van der Waals surface area (Å²) in [5.74, 6) is 6.27. The van der Waals surface area contributed by atoms with E-state index in [-0.39, 0.29) is 39.0 Å². The third-order valence-electron chi connectivity index (χ3n) is 7.45. The Balaban J connectivity index is 1.39. The van der Waals surface area contributed by atoms with Crippen LogP contribution in [0.4, 0.5) is 19.6 Å². The van der Waals surface area contributed by atoms with Gasteiger partial charge in [0.05, 0.1) is 25.9 Å². The van der Waals surface area contributed by atoms with E-state index < -0.39 is 17.9 Å². The molecule has 1 amide bonds. The maximum atomic E-state index is 14.1. The van der Waals surface area contributed by atoms with Crippen LogP contribution in [-0.2, 0) is 9.47 Å². The van der Waals surface area contributed by atoms with Gasteiger partial charge in [-0.2, -0.15) is 0 Å². The van der Waals surface area contributed by atoms with Gasteiger partial charge in [0.15, 0.2) is 5.01 Å². The van der Waals surface area contributed by atoms with Crippen LogP contribution < -0.4 is 21.1 Å². The number of allylic oxidation sites excluding steroid dienone is 1. The fourth-order valence-electron chi connectivity index (χ4n) is 4.75. The van der Waals surface area contributed by atoms with Crippen LogP contribution in [-0.4, -0.2) is 71.0 Å². The molecule has 11 nitrogen and oxygen atoms in total. The second-order valence-corrected chi connectivity index (χ2v) is 11.7. The molecule has 1 unspecified atom stereocenters. The van der Waals surface area contributed by atoms with Crippen molar-refractivity contribution in [3.63, 3.8) is 0 Å². The van der Waals surface area contributed by atoms with Crippen molar-refractivity contribution in [2.45, 2.75) is 31.7 Å². The average molecular weight is 622 g/mol. The lowest BCUT2D eigenvalue weighted by Gasteiger charge is -2.32. The Kier molecular flexibility index (Phi) is 8.15. The Morgan fingerprint density at radius 3 is 2.77 bits per heavy atom. The zero-order chi connectivity index (χ0) is 30.8. The van der Waals surface area contributed by atoms with E-state index in [9.17, 15) is 18.4 Å². The van der Waals surface area contributed by atoms with E-state index in [1.165, 1.54) is 49.2 Å². The first-order valence-electron chi connectivity index (χ1n) is 14.0. The zero-order valence-electron chi connectivity index (χ0n) is 24.0. The summed E-state index contributed by atoms with van der Waals surface area (Å²) in [5, 5.41) is 14.1. The van der Waals surface area contributed by atoms with Crippen LogP contribution in [0.2, 0.25) is 0 Å². The Hall–Kier alpha value is -4.61. The molecule has 5 heterocycles. The third kappa shape index (κ3) is 6.20. The van der Waals surface area contributed by atoms with Crippen molar-refractivity contribution in [3.05, 3.63) is 75.1 Å². The Bertz CT molecular complexity index is 1770. The molecular formula is C30H29F2N7O4S. The molecule has 1 aliphatic carbocycles. The maximum absolute atomic E-state index is 14.1. The number of hydrogen-bond acceptors (Lipinski definition) is 10. The van der Waals surface area contributed by atoms with Gasteiger partial charge in [0.25, 0.3) is 17.9 Å². The SMILES string of the molecule is COC1=CNC(C)(C(F)F)C=C1c1cc(-n2ccc(N3CCOCC3)cc2=O)ncc1C(=O)Nc1nnc(C#CC2CC2)s1. The van der Waals surface area contributed by atoms with Crippen LogP contribution in [0.15, 0.2) is 53.4 Å². The number of hydrogen-bond donors (Lipinski definition) is 2. The fourth-order valence-corrected chi connectivity index (χ4v) is 5.35. The Labute approximate surface area is 255 Å². The summed E-state index contributed by atoms with van der Waals surface area (Å²) in [6.07, 6.45) is 4.90. The molecule has 0 radical (unpaired) electrons. The highest BCUT2D eigenvalue weighted by Gasteiger charge is 2.37. The Morgan fingerprint density at radius 1 is 1.27 bits per heavy atom. The highest BCUT2D eigenvalue weighted by molar-refractivity contribution is 7.15. The van der Waals surface area contributed by atoms with Crippen LogP contribution in [0.25, 0.3) is 11.4 Å². The van der Waals surface area contributed by atoms with E-state index >= 15 is 0 Å². The predicted octanol–water partition coefficient (Wildman–Crippen LogP) is 3.43. The average Bonchev–Trinajstić information content (AvgIpc) is 3.77. The maximum Gasteiger partial charge on any atom is 0.264 e. The lowest BCUT2D eigenvalue weighted by molar-refractivity contribution is 0.0732. The molecule has 3 aromatic heterocycles. The largest absolute Gasteiger partial charge is 0.495 e. The molecule has 2 aliphatic heterocycles. The van der Waals surface area contributed by atoms with Crippen LogP contribution in [0.1, 0.15) is 40.7 Å². The van der Waals surface area contributed by atoms with Crippen molar-refractivity contribution < 1.29 is 23.0 Å². The van der Waals surface area contributed by atoms with Crippen LogP contribution >= 0.6 is 11.3 Å². The molecule has 3 aliphatic rings. The standard InChI is InChI=1S/C30H29F2N7O4S/c1-30(28(31)32)15-21(23(42-2)17-34-30)20-14-24(39-8-7-19(13-26(39)40)38-9-11-43-12-10-38)33-16-22(20)27(41)35-29-37-36-25(44-29)6-5-18-3-4-18/h7-8,13-18,28,34H,3-4,9-12H2,1-2H3,(H,35,37,41). The van der Waals surface area contributed by atoms with Gasteiger partial charge in [0.2, 0.25) is 5.13 Å². The number of pyridine rings is 2. The first-order chi connectivity index (χ1) is 21.2. The smallest absolute Gasteiger partial charge is 0.264 e. The predicted molar refractivity (Wildman–Crippen MR) is 161 cm³/mol. The van der Waals surface area contributed by atoms with Gasteiger partial charge in [-0.05, 0) is 43.9 Å².